The zero-order valence-corrected chi connectivity index (χ0v) is 11.3. The van der Waals surface area contributed by atoms with Gasteiger partial charge in [-0.25, -0.2) is 9.78 Å². The van der Waals surface area contributed by atoms with Gasteiger partial charge in [0.25, 0.3) is 0 Å². The lowest BCUT2D eigenvalue weighted by Gasteiger charge is -2.03. The third-order valence-electron chi connectivity index (χ3n) is 2.51. The van der Waals surface area contributed by atoms with Crippen LogP contribution in [0, 0.1) is 0 Å². The van der Waals surface area contributed by atoms with Crippen LogP contribution in [0.1, 0.15) is 11.1 Å². The molecule has 1 heterocycles. The molecule has 1 aromatic carbocycles. The maximum Gasteiger partial charge on any atom is 0.328 e. The Labute approximate surface area is 115 Å². The molecule has 98 valence electrons. The second-order valence-corrected chi connectivity index (χ2v) is 4.97. The number of hydrogen-bond donors (Lipinski definition) is 1. The number of carboxylic acids is 1. The van der Waals surface area contributed by atoms with Gasteiger partial charge in [0.05, 0.1) is 0 Å². The number of carbonyl (C=O) groups is 1. The van der Waals surface area contributed by atoms with Crippen molar-refractivity contribution >= 4 is 23.8 Å². The van der Waals surface area contributed by atoms with Crippen LogP contribution in [0.4, 0.5) is 0 Å². The molecule has 0 aliphatic carbocycles. The van der Waals surface area contributed by atoms with Crippen molar-refractivity contribution in [2.24, 2.45) is 7.05 Å². The average molecular weight is 274 g/mol. The number of hydrogen-bond acceptors (Lipinski definition) is 3. The summed E-state index contributed by atoms with van der Waals surface area (Å²) >= 11 is 1.65. The highest BCUT2D eigenvalue weighted by Crippen LogP contribution is 2.21. The molecule has 0 saturated carbocycles. The smallest absolute Gasteiger partial charge is 0.328 e. The van der Waals surface area contributed by atoms with Gasteiger partial charge in [-0.3, -0.25) is 0 Å². The normalized spacial score (nSPS) is 11.0. The van der Waals surface area contributed by atoms with E-state index in [2.05, 4.69) is 4.98 Å². The number of imidazole rings is 1. The van der Waals surface area contributed by atoms with E-state index in [0.717, 1.165) is 28.1 Å². The summed E-state index contributed by atoms with van der Waals surface area (Å²) in [4.78, 5) is 14.7. The first-order chi connectivity index (χ1) is 9.15. The molecular formula is C14H14N2O2S. The molecule has 5 heteroatoms. The van der Waals surface area contributed by atoms with Gasteiger partial charge in [0.15, 0.2) is 5.16 Å². The summed E-state index contributed by atoms with van der Waals surface area (Å²) < 4.78 is 1.97. The predicted octanol–water partition coefficient (Wildman–Crippen LogP) is 2.81. The zero-order chi connectivity index (χ0) is 13.7. The van der Waals surface area contributed by atoms with Gasteiger partial charge < -0.3 is 9.67 Å². The van der Waals surface area contributed by atoms with E-state index in [1.807, 2.05) is 42.1 Å². The molecule has 0 saturated heterocycles. The highest BCUT2D eigenvalue weighted by atomic mass is 32.2. The fourth-order valence-corrected chi connectivity index (χ4v) is 2.47. The van der Waals surface area contributed by atoms with Crippen LogP contribution in [0.5, 0.6) is 0 Å². The fraction of sp³-hybridized carbons (Fsp3) is 0.143. The van der Waals surface area contributed by atoms with Crippen molar-refractivity contribution in [3.63, 3.8) is 0 Å². The molecule has 2 rings (SSSR count). The number of rotatable bonds is 5. The van der Waals surface area contributed by atoms with Crippen LogP contribution < -0.4 is 0 Å². The zero-order valence-electron chi connectivity index (χ0n) is 10.5. The minimum absolute atomic E-state index is 0.805. The van der Waals surface area contributed by atoms with Gasteiger partial charge in [0.1, 0.15) is 0 Å². The second-order valence-electron chi connectivity index (χ2n) is 4.03. The van der Waals surface area contributed by atoms with Crippen LogP contribution in [0.2, 0.25) is 0 Å². The Morgan fingerprint density at radius 2 is 2.37 bits per heavy atom. The molecule has 0 aliphatic rings. The first kappa shape index (κ1) is 13.4. The molecule has 0 bridgehead atoms. The quantitative estimate of drug-likeness (QED) is 0.673. The lowest BCUT2D eigenvalue weighted by atomic mass is 10.1. The van der Waals surface area contributed by atoms with E-state index in [4.69, 9.17) is 5.11 Å². The average Bonchev–Trinajstić information content (AvgIpc) is 2.80. The number of aryl methyl sites for hydroxylation is 1. The third-order valence-corrected chi connectivity index (χ3v) is 3.64. The monoisotopic (exact) mass is 274 g/mol. The number of nitrogens with zero attached hydrogens (tertiary/aromatic N) is 2. The van der Waals surface area contributed by atoms with Crippen molar-refractivity contribution in [3.05, 3.63) is 53.9 Å². The third kappa shape index (κ3) is 3.99. The lowest BCUT2D eigenvalue weighted by Crippen LogP contribution is -1.90. The number of aromatic nitrogens is 2. The Morgan fingerprint density at radius 1 is 1.53 bits per heavy atom. The van der Waals surface area contributed by atoms with E-state index in [1.165, 1.54) is 0 Å². The van der Waals surface area contributed by atoms with Crippen LogP contribution in [-0.4, -0.2) is 20.6 Å². The first-order valence-electron chi connectivity index (χ1n) is 5.75. The minimum atomic E-state index is -0.937. The van der Waals surface area contributed by atoms with Crippen molar-refractivity contribution in [2.75, 3.05) is 0 Å². The van der Waals surface area contributed by atoms with Crippen LogP contribution in [0.25, 0.3) is 6.08 Å². The number of carboxylic acid groups (broad SMARTS) is 1. The van der Waals surface area contributed by atoms with Gasteiger partial charge in [0.2, 0.25) is 0 Å². The largest absolute Gasteiger partial charge is 0.478 e. The molecule has 4 nitrogen and oxygen atoms in total. The molecule has 0 unspecified atom stereocenters. The molecule has 0 spiro atoms. The summed E-state index contributed by atoms with van der Waals surface area (Å²) in [6, 6.07) is 7.81. The molecule has 2 aromatic rings. The summed E-state index contributed by atoms with van der Waals surface area (Å²) in [5.74, 6) is -0.132. The maximum atomic E-state index is 10.5. The van der Waals surface area contributed by atoms with Crippen molar-refractivity contribution in [1.29, 1.82) is 0 Å². The Balaban J connectivity index is 2.03. The standard InChI is InChI=1S/C14H14N2O2S/c1-16-8-7-15-14(16)19-10-12-4-2-3-11(9-12)5-6-13(17)18/h2-9H,10H2,1H3,(H,17,18). The van der Waals surface area contributed by atoms with Crippen LogP contribution in [-0.2, 0) is 17.6 Å². The SMILES string of the molecule is Cn1ccnc1SCc1cccc(C=CC(=O)O)c1. The van der Waals surface area contributed by atoms with Crippen LogP contribution in [0.15, 0.2) is 47.9 Å². The van der Waals surface area contributed by atoms with E-state index in [0.29, 0.717) is 0 Å². The number of thioether (sulfide) groups is 1. The Hall–Kier alpha value is -2.01. The van der Waals surface area contributed by atoms with Crippen molar-refractivity contribution < 1.29 is 9.90 Å². The summed E-state index contributed by atoms with van der Waals surface area (Å²) in [5, 5.41) is 9.57. The highest BCUT2D eigenvalue weighted by molar-refractivity contribution is 7.98. The highest BCUT2D eigenvalue weighted by Gasteiger charge is 2.01. The molecule has 1 aromatic heterocycles. The Bertz CT molecular complexity index is 605. The van der Waals surface area contributed by atoms with Crippen molar-refractivity contribution in [3.8, 4) is 0 Å². The minimum Gasteiger partial charge on any atom is -0.478 e. The van der Waals surface area contributed by atoms with E-state index < -0.39 is 5.97 Å². The van der Waals surface area contributed by atoms with Gasteiger partial charge in [-0.2, -0.15) is 0 Å². The summed E-state index contributed by atoms with van der Waals surface area (Å²) in [5.41, 5.74) is 2.03. The Kier molecular flexibility index (Phi) is 4.41. The van der Waals surface area contributed by atoms with E-state index in [9.17, 15) is 4.79 Å². The van der Waals surface area contributed by atoms with Crippen molar-refractivity contribution in [1.82, 2.24) is 9.55 Å². The van der Waals surface area contributed by atoms with E-state index >= 15 is 0 Å². The summed E-state index contributed by atoms with van der Waals surface area (Å²) in [6.45, 7) is 0. The van der Waals surface area contributed by atoms with E-state index in [-0.39, 0.29) is 0 Å². The molecule has 0 radical (unpaired) electrons. The molecule has 0 fully saturated rings. The van der Waals surface area contributed by atoms with Crippen LogP contribution >= 0.6 is 11.8 Å². The van der Waals surface area contributed by atoms with Gasteiger partial charge in [-0.15, -0.1) is 0 Å². The number of benzene rings is 1. The Morgan fingerprint density at radius 3 is 3.05 bits per heavy atom. The van der Waals surface area contributed by atoms with Gasteiger partial charge in [0, 0.05) is 31.3 Å². The van der Waals surface area contributed by atoms with Gasteiger partial charge in [-0.05, 0) is 17.2 Å². The molecule has 0 amide bonds. The summed E-state index contributed by atoms with van der Waals surface area (Å²) in [7, 11) is 1.96. The van der Waals surface area contributed by atoms with Crippen LogP contribution in [0.3, 0.4) is 0 Å². The maximum absolute atomic E-state index is 10.5. The van der Waals surface area contributed by atoms with E-state index in [1.54, 1.807) is 24.0 Å². The second kappa shape index (κ2) is 6.24. The first-order valence-corrected chi connectivity index (χ1v) is 6.74. The molecule has 0 atom stereocenters. The summed E-state index contributed by atoms with van der Waals surface area (Å²) in [6.07, 6.45) is 6.42. The molecule has 0 aliphatic heterocycles. The van der Waals surface area contributed by atoms with Gasteiger partial charge >= 0.3 is 5.97 Å². The fourth-order valence-electron chi connectivity index (χ4n) is 1.59. The number of aliphatic carboxylic acids is 1. The van der Waals surface area contributed by atoms with Gasteiger partial charge in [-0.1, -0.05) is 36.0 Å². The lowest BCUT2D eigenvalue weighted by molar-refractivity contribution is -0.131. The molecular weight excluding hydrogens is 260 g/mol. The predicted molar refractivity (Wildman–Crippen MR) is 75.9 cm³/mol. The topological polar surface area (TPSA) is 55.1 Å². The van der Waals surface area contributed by atoms with Crippen molar-refractivity contribution in [2.45, 2.75) is 10.9 Å². The molecule has 1 N–H and O–H groups in total. The molecule has 19 heavy (non-hydrogen) atoms.